The van der Waals surface area contributed by atoms with E-state index in [1.54, 1.807) is 0 Å². The lowest BCUT2D eigenvalue weighted by Gasteiger charge is -2.00. The van der Waals surface area contributed by atoms with Gasteiger partial charge in [0, 0.05) is 5.75 Å². The summed E-state index contributed by atoms with van der Waals surface area (Å²) in [7, 11) is -3.88. The first-order valence-electron chi connectivity index (χ1n) is 5.68. The Morgan fingerprint density at radius 2 is 2.15 bits per heavy atom. The summed E-state index contributed by atoms with van der Waals surface area (Å²) in [4.78, 5) is 7.55. The number of rotatable bonds is 5. The van der Waals surface area contributed by atoms with Gasteiger partial charge in [0.1, 0.15) is 3.53 Å². The minimum atomic E-state index is -3.88. The lowest BCUT2D eigenvalue weighted by Crippen LogP contribution is -2.04. The highest BCUT2D eigenvalue weighted by Crippen LogP contribution is 2.26. The van der Waals surface area contributed by atoms with Crippen LogP contribution in [-0.2, 0) is 10.1 Å². The quantitative estimate of drug-likeness (QED) is 0.372. The molecule has 1 aromatic heterocycles. The molecular formula is C11H12N2O3S4. The highest BCUT2D eigenvalue weighted by atomic mass is 32.2. The van der Waals surface area contributed by atoms with Crippen LogP contribution in [0.1, 0.15) is 6.42 Å². The van der Waals surface area contributed by atoms with Gasteiger partial charge in [-0.3, -0.25) is 4.55 Å². The van der Waals surface area contributed by atoms with E-state index in [0.717, 1.165) is 16.2 Å². The molecule has 0 atom stereocenters. The zero-order valence-corrected chi connectivity index (χ0v) is 13.5. The van der Waals surface area contributed by atoms with Crippen molar-refractivity contribution in [1.82, 2.24) is 9.97 Å². The number of nitrogens with zero attached hydrogens (tertiary/aromatic N) is 1. The summed E-state index contributed by atoms with van der Waals surface area (Å²) in [5, 5.41) is 0.721. The van der Waals surface area contributed by atoms with Crippen molar-refractivity contribution in [3.05, 3.63) is 24.3 Å². The molecule has 0 aliphatic carbocycles. The van der Waals surface area contributed by atoms with Crippen molar-refractivity contribution in [2.45, 2.75) is 11.6 Å². The van der Waals surface area contributed by atoms with E-state index in [9.17, 15) is 8.42 Å². The summed E-state index contributed by atoms with van der Waals surface area (Å²) in [5.41, 5.74) is 1.84. The number of H-pyrrole nitrogens is 1. The van der Waals surface area contributed by atoms with Crippen molar-refractivity contribution >= 4 is 60.4 Å². The standard InChI is InChI=1S/C11H12N2O3S4/c14-20(15,16)7-3-6-18-11(17)19-10-12-8-4-1-2-5-9(8)13-10/h1-2,4-5H,3,6-7H2,(H,12,13)(H,14,15,16). The van der Waals surface area contributed by atoms with Crippen LogP contribution in [0.4, 0.5) is 0 Å². The number of hydrogen-bond donors (Lipinski definition) is 2. The Balaban J connectivity index is 1.82. The maximum atomic E-state index is 10.6. The fourth-order valence-electron chi connectivity index (χ4n) is 1.48. The predicted octanol–water partition coefficient (Wildman–Crippen LogP) is 2.95. The van der Waals surface area contributed by atoms with E-state index in [1.165, 1.54) is 23.5 Å². The summed E-state index contributed by atoms with van der Waals surface area (Å²) >= 11 is 7.93. The monoisotopic (exact) mass is 348 g/mol. The molecule has 0 saturated carbocycles. The summed E-state index contributed by atoms with van der Waals surface area (Å²) in [6.07, 6.45) is 0.365. The third kappa shape index (κ3) is 5.06. The Morgan fingerprint density at radius 3 is 2.85 bits per heavy atom. The molecule has 0 spiro atoms. The van der Waals surface area contributed by atoms with Crippen LogP contribution in [0.15, 0.2) is 29.4 Å². The van der Waals surface area contributed by atoms with Crippen molar-refractivity contribution in [1.29, 1.82) is 0 Å². The van der Waals surface area contributed by atoms with Gasteiger partial charge in [0.25, 0.3) is 10.1 Å². The zero-order valence-electron chi connectivity index (χ0n) is 10.3. The van der Waals surface area contributed by atoms with Crippen LogP contribution in [0.25, 0.3) is 11.0 Å². The van der Waals surface area contributed by atoms with Crippen LogP contribution in [0.5, 0.6) is 0 Å². The van der Waals surface area contributed by atoms with Gasteiger partial charge < -0.3 is 4.98 Å². The third-order valence-corrected chi connectivity index (χ3v) is 5.61. The molecule has 0 fully saturated rings. The maximum Gasteiger partial charge on any atom is 0.264 e. The van der Waals surface area contributed by atoms with E-state index in [2.05, 4.69) is 9.97 Å². The van der Waals surface area contributed by atoms with E-state index >= 15 is 0 Å². The number of nitrogens with one attached hydrogen (secondary N) is 1. The van der Waals surface area contributed by atoms with Crippen LogP contribution in [0, 0.1) is 0 Å². The Bertz CT molecular complexity index is 678. The molecule has 108 valence electrons. The smallest absolute Gasteiger partial charge is 0.264 e. The molecule has 0 bridgehead atoms. The average Bonchev–Trinajstić information content (AvgIpc) is 2.75. The van der Waals surface area contributed by atoms with Crippen LogP contribution >= 0.6 is 35.7 Å². The van der Waals surface area contributed by atoms with Crippen LogP contribution in [0.2, 0.25) is 0 Å². The fraction of sp³-hybridized carbons (Fsp3) is 0.273. The number of benzene rings is 1. The highest BCUT2D eigenvalue weighted by Gasteiger charge is 2.08. The number of aromatic nitrogens is 2. The second-order valence-electron chi connectivity index (χ2n) is 3.90. The molecule has 2 aromatic rings. The first-order valence-corrected chi connectivity index (χ1v) is 9.50. The van der Waals surface area contributed by atoms with Crippen molar-refractivity contribution in [2.75, 3.05) is 11.5 Å². The molecule has 0 amide bonds. The Kier molecular flexibility index (Phi) is 5.44. The number of hydrogen-bond acceptors (Lipinski definition) is 6. The van der Waals surface area contributed by atoms with E-state index in [1.807, 2.05) is 24.3 Å². The molecule has 1 aromatic carbocycles. The third-order valence-electron chi connectivity index (χ3n) is 2.31. The van der Waals surface area contributed by atoms with Gasteiger partial charge in [0.2, 0.25) is 0 Å². The average molecular weight is 348 g/mol. The summed E-state index contributed by atoms with van der Waals surface area (Å²) in [6, 6.07) is 7.70. The van der Waals surface area contributed by atoms with Gasteiger partial charge in [-0.25, -0.2) is 4.98 Å². The highest BCUT2D eigenvalue weighted by molar-refractivity contribution is 8.47. The minimum Gasteiger partial charge on any atom is -0.333 e. The minimum absolute atomic E-state index is 0.238. The zero-order chi connectivity index (χ0) is 14.6. The number of thioether (sulfide) groups is 2. The molecule has 9 heteroatoms. The Hall–Kier alpha value is -0.610. The van der Waals surface area contributed by atoms with Gasteiger partial charge in [-0.2, -0.15) is 8.42 Å². The molecule has 0 aliphatic heterocycles. The molecule has 2 N–H and O–H groups in total. The normalized spacial score (nSPS) is 11.8. The molecule has 5 nitrogen and oxygen atoms in total. The number of imidazole rings is 1. The molecule has 0 unspecified atom stereocenters. The number of thiocarbonyl (C=S) groups is 1. The first kappa shape index (κ1) is 15.8. The SMILES string of the molecule is O=S(=O)(O)CCCSC(=S)Sc1nc2ccccc2[nH]1. The molecule has 20 heavy (non-hydrogen) atoms. The fourth-order valence-corrected chi connectivity index (χ4v) is 4.30. The van der Waals surface area contributed by atoms with E-state index in [4.69, 9.17) is 16.8 Å². The second-order valence-corrected chi connectivity index (χ2v) is 8.76. The van der Waals surface area contributed by atoms with E-state index in [-0.39, 0.29) is 5.75 Å². The van der Waals surface area contributed by atoms with Crippen molar-refractivity contribution in [3.63, 3.8) is 0 Å². The lowest BCUT2D eigenvalue weighted by atomic mass is 10.3. The largest absolute Gasteiger partial charge is 0.333 e. The summed E-state index contributed by atoms with van der Waals surface area (Å²) in [5.74, 6) is 0.309. The van der Waals surface area contributed by atoms with E-state index in [0.29, 0.717) is 15.7 Å². The predicted molar refractivity (Wildman–Crippen MR) is 88.0 cm³/mol. The van der Waals surface area contributed by atoms with Crippen molar-refractivity contribution in [2.24, 2.45) is 0 Å². The van der Waals surface area contributed by atoms with Crippen molar-refractivity contribution < 1.29 is 13.0 Å². The molecule has 0 aliphatic rings. The van der Waals surface area contributed by atoms with Crippen molar-refractivity contribution in [3.8, 4) is 0 Å². The van der Waals surface area contributed by atoms with Gasteiger partial charge in [0.05, 0.1) is 16.8 Å². The Morgan fingerprint density at radius 1 is 1.40 bits per heavy atom. The van der Waals surface area contributed by atoms with E-state index < -0.39 is 10.1 Å². The maximum absolute atomic E-state index is 10.6. The molecule has 2 rings (SSSR count). The number of para-hydroxylation sites is 2. The molecule has 0 radical (unpaired) electrons. The summed E-state index contributed by atoms with van der Waals surface area (Å²) in [6.45, 7) is 0. The Labute approximate surface area is 130 Å². The molecular weight excluding hydrogens is 336 g/mol. The summed E-state index contributed by atoms with van der Waals surface area (Å²) < 4.78 is 30.4. The number of fused-ring (bicyclic) bond motifs is 1. The van der Waals surface area contributed by atoms with Gasteiger partial charge >= 0.3 is 0 Å². The topological polar surface area (TPSA) is 83.1 Å². The molecule has 0 saturated heterocycles. The van der Waals surface area contributed by atoms with Gasteiger partial charge in [-0.1, -0.05) is 24.4 Å². The van der Waals surface area contributed by atoms with Gasteiger partial charge in [0.15, 0.2) is 5.16 Å². The van der Waals surface area contributed by atoms with Gasteiger partial charge in [-0.15, -0.1) is 11.8 Å². The first-order chi connectivity index (χ1) is 9.44. The second kappa shape index (κ2) is 6.90. The molecule has 1 heterocycles. The van der Waals surface area contributed by atoms with Crippen LogP contribution < -0.4 is 0 Å². The lowest BCUT2D eigenvalue weighted by molar-refractivity contribution is 0.482. The van der Waals surface area contributed by atoms with Crippen LogP contribution in [-0.4, -0.2) is 38.0 Å². The van der Waals surface area contributed by atoms with Crippen LogP contribution in [0.3, 0.4) is 0 Å². The number of aromatic amines is 1. The van der Waals surface area contributed by atoms with Gasteiger partial charge in [-0.05, 0) is 30.3 Å².